The van der Waals surface area contributed by atoms with Gasteiger partial charge in [-0.25, -0.2) is 0 Å². The summed E-state index contributed by atoms with van der Waals surface area (Å²) in [5.41, 5.74) is 1.74. The van der Waals surface area contributed by atoms with Gasteiger partial charge in [-0.2, -0.15) is 0 Å². The van der Waals surface area contributed by atoms with Crippen molar-refractivity contribution in [3.8, 4) is 0 Å². The van der Waals surface area contributed by atoms with Crippen molar-refractivity contribution in [2.24, 2.45) is 0 Å². The fraction of sp³-hybridized carbons (Fsp3) is 0.200. The smallest absolute Gasteiger partial charge is 0.337 e. The van der Waals surface area contributed by atoms with Crippen LogP contribution in [0.4, 0.5) is 5.69 Å². The summed E-state index contributed by atoms with van der Waals surface area (Å²) in [6, 6.07) is 7.30. The molecule has 0 atom stereocenters. The first-order chi connectivity index (χ1) is 7.00. The van der Waals surface area contributed by atoms with E-state index in [0.717, 1.165) is 5.69 Å². The Labute approximate surface area is 92.9 Å². The summed E-state index contributed by atoms with van der Waals surface area (Å²) in [4.78, 5) is 11.6. The third-order valence-corrected chi connectivity index (χ3v) is 2.12. The third-order valence-electron chi connectivity index (χ3n) is 1.87. The molecule has 5 heteroatoms. The fourth-order valence-corrected chi connectivity index (χ4v) is 1.18. The minimum Gasteiger partial charge on any atom is -0.378 e. The van der Waals surface area contributed by atoms with Crippen molar-refractivity contribution in [2.45, 2.75) is 0 Å². The highest BCUT2D eigenvalue weighted by molar-refractivity contribution is 6.29. The Balaban J connectivity index is 2.90. The van der Waals surface area contributed by atoms with Crippen LogP contribution in [0.25, 0.3) is 6.08 Å². The van der Waals surface area contributed by atoms with Gasteiger partial charge in [0.1, 0.15) is 0 Å². The van der Waals surface area contributed by atoms with Crippen molar-refractivity contribution in [3.05, 3.63) is 45.1 Å². The Hall–Kier alpha value is -1.55. The van der Waals surface area contributed by atoms with Crippen LogP contribution in [-0.2, 0) is 0 Å². The van der Waals surface area contributed by atoms with Gasteiger partial charge in [0.2, 0.25) is 0 Å². The predicted octanol–water partition coefficient (Wildman–Crippen LogP) is 2.57. The summed E-state index contributed by atoms with van der Waals surface area (Å²) in [7, 11) is 3.85. The number of halogens is 1. The zero-order valence-corrected chi connectivity index (χ0v) is 9.23. The van der Waals surface area contributed by atoms with Crippen LogP contribution in [0.1, 0.15) is 5.56 Å². The highest BCUT2D eigenvalue weighted by Gasteiger charge is 2.04. The van der Waals surface area contributed by atoms with Crippen LogP contribution in [0.5, 0.6) is 0 Å². The molecular weight excluding hydrogens is 216 g/mol. The van der Waals surface area contributed by atoms with Crippen molar-refractivity contribution < 1.29 is 4.92 Å². The molecule has 0 aromatic heterocycles. The summed E-state index contributed by atoms with van der Waals surface area (Å²) < 4.78 is 0. The maximum Gasteiger partial charge on any atom is 0.337 e. The zero-order valence-electron chi connectivity index (χ0n) is 8.48. The molecule has 80 valence electrons. The number of anilines is 1. The van der Waals surface area contributed by atoms with Gasteiger partial charge < -0.3 is 4.90 Å². The zero-order chi connectivity index (χ0) is 11.4. The Kier molecular flexibility index (Phi) is 3.68. The Morgan fingerprint density at radius 3 is 2.33 bits per heavy atom. The van der Waals surface area contributed by atoms with E-state index in [9.17, 15) is 10.1 Å². The predicted molar refractivity (Wildman–Crippen MR) is 61.6 cm³/mol. The summed E-state index contributed by atoms with van der Waals surface area (Å²) in [5.74, 6) is 0. The molecule has 0 aliphatic heterocycles. The molecule has 15 heavy (non-hydrogen) atoms. The lowest BCUT2D eigenvalue weighted by Crippen LogP contribution is -2.07. The highest BCUT2D eigenvalue weighted by atomic mass is 35.5. The van der Waals surface area contributed by atoms with Gasteiger partial charge in [-0.15, -0.1) is 0 Å². The maximum atomic E-state index is 10.3. The lowest BCUT2D eigenvalue weighted by molar-refractivity contribution is -0.410. The standard InChI is InChI=1S/C10H11ClN2O2/c1-12(2)9-5-3-8(4-6-9)7-10(11)13(14)15/h3-7H,1-2H3/b10-7+. The van der Waals surface area contributed by atoms with Crippen molar-refractivity contribution >= 4 is 23.4 Å². The van der Waals surface area contributed by atoms with Crippen LogP contribution in [0.3, 0.4) is 0 Å². The van der Waals surface area contributed by atoms with Gasteiger partial charge in [0.25, 0.3) is 0 Å². The van der Waals surface area contributed by atoms with Crippen LogP contribution in [0, 0.1) is 10.1 Å². The molecule has 0 bridgehead atoms. The molecule has 0 aliphatic carbocycles. The lowest BCUT2D eigenvalue weighted by atomic mass is 10.2. The quantitative estimate of drug-likeness (QED) is 0.452. The van der Waals surface area contributed by atoms with Gasteiger partial charge in [0, 0.05) is 25.9 Å². The summed E-state index contributed by atoms with van der Waals surface area (Å²) >= 11 is 5.40. The molecule has 0 spiro atoms. The monoisotopic (exact) mass is 226 g/mol. The Bertz CT molecular complexity index is 385. The first-order valence-corrected chi connectivity index (χ1v) is 4.67. The second kappa shape index (κ2) is 4.79. The molecule has 0 aliphatic rings. The van der Waals surface area contributed by atoms with Crippen LogP contribution in [0.15, 0.2) is 29.4 Å². The molecule has 0 heterocycles. The van der Waals surface area contributed by atoms with E-state index in [1.807, 2.05) is 31.1 Å². The van der Waals surface area contributed by atoms with E-state index in [-0.39, 0.29) is 5.16 Å². The number of hydrogen-bond donors (Lipinski definition) is 0. The van der Waals surface area contributed by atoms with Gasteiger partial charge in [-0.3, -0.25) is 10.1 Å². The molecule has 0 fully saturated rings. The number of hydrogen-bond acceptors (Lipinski definition) is 3. The fourth-order valence-electron chi connectivity index (χ4n) is 1.06. The van der Waals surface area contributed by atoms with Gasteiger partial charge >= 0.3 is 5.16 Å². The van der Waals surface area contributed by atoms with Crippen molar-refractivity contribution in [2.75, 3.05) is 19.0 Å². The van der Waals surface area contributed by atoms with E-state index >= 15 is 0 Å². The normalized spacial score (nSPS) is 11.3. The average molecular weight is 227 g/mol. The van der Waals surface area contributed by atoms with Gasteiger partial charge in [0.15, 0.2) is 0 Å². The van der Waals surface area contributed by atoms with E-state index in [0.29, 0.717) is 5.56 Å². The largest absolute Gasteiger partial charge is 0.378 e. The third kappa shape index (κ3) is 3.25. The van der Waals surface area contributed by atoms with Gasteiger partial charge in [-0.1, -0.05) is 12.1 Å². The van der Waals surface area contributed by atoms with Crippen molar-refractivity contribution in [3.63, 3.8) is 0 Å². The molecule has 1 aromatic rings. The first-order valence-electron chi connectivity index (χ1n) is 4.29. The Morgan fingerprint density at radius 2 is 1.93 bits per heavy atom. The number of nitrogens with zero attached hydrogens (tertiary/aromatic N) is 2. The minimum atomic E-state index is -0.624. The van der Waals surface area contributed by atoms with Gasteiger partial charge in [0.05, 0.1) is 4.92 Å². The van der Waals surface area contributed by atoms with E-state index in [1.54, 1.807) is 12.1 Å². The molecule has 0 N–H and O–H groups in total. The topological polar surface area (TPSA) is 46.4 Å². The SMILES string of the molecule is CN(C)c1ccc(/C=C(\Cl)[N+](=O)[O-])cc1. The molecule has 1 aromatic carbocycles. The second-order valence-corrected chi connectivity index (χ2v) is 3.60. The van der Waals surface area contributed by atoms with Crippen molar-refractivity contribution in [1.82, 2.24) is 0 Å². The molecule has 0 saturated heterocycles. The van der Waals surface area contributed by atoms with E-state index in [4.69, 9.17) is 11.6 Å². The van der Waals surface area contributed by atoms with Crippen LogP contribution < -0.4 is 4.90 Å². The van der Waals surface area contributed by atoms with Crippen LogP contribution in [-0.4, -0.2) is 19.0 Å². The summed E-state index contributed by atoms with van der Waals surface area (Å²) in [6.07, 6.45) is 1.32. The van der Waals surface area contributed by atoms with Crippen LogP contribution >= 0.6 is 11.6 Å². The highest BCUT2D eigenvalue weighted by Crippen LogP contribution is 2.15. The van der Waals surface area contributed by atoms with E-state index in [1.165, 1.54) is 6.08 Å². The molecule has 1 rings (SSSR count). The molecule has 0 amide bonds. The first kappa shape index (κ1) is 11.5. The maximum absolute atomic E-state index is 10.3. The molecular formula is C10H11ClN2O2. The lowest BCUT2D eigenvalue weighted by Gasteiger charge is -2.11. The van der Waals surface area contributed by atoms with Crippen molar-refractivity contribution in [1.29, 1.82) is 0 Å². The second-order valence-electron chi connectivity index (χ2n) is 3.21. The number of nitro groups is 1. The number of benzene rings is 1. The summed E-state index contributed by atoms with van der Waals surface area (Å²) in [6.45, 7) is 0. The minimum absolute atomic E-state index is 0.382. The molecule has 0 unspecified atom stereocenters. The molecule has 4 nitrogen and oxygen atoms in total. The van der Waals surface area contributed by atoms with Crippen LogP contribution in [0.2, 0.25) is 0 Å². The summed E-state index contributed by atoms with van der Waals surface area (Å²) in [5, 5.41) is 9.89. The van der Waals surface area contributed by atoms with E-state index < -0.39 is 4.92 Å². The van der Waals surface area contributed by atoms with E-state index in [2.05, 4.69) is 0 Å². The van der Waals surface area contributed by atoms with Gasteiger partial charge in [-0.05, 0) is 29.3 Å². The number of rotatable bonds is 3. The Morgan fingerprint density at radius 1 is 1.40 bits per heavy atom. The molecule has 0 saturated carbocycles. The molecule has 0 radical (unpaired) electrons. The average Bonchev–Trinajstić information content (AvgIpc) is 2.18.